The first-order chi connectivity index (χ1) is 10.5. The molecule has 1 aliphatic rings. The first-order valence-corrected chi connectivity index (χ1v) is 7.37. The van der Waals surface area contributed by atoms with E-state index in [1.807, 2.05) is 26.0 Å². The zero-order valence-electron chi connectivity index (χ0n) is 12.6. The number of alkyl halides is 2. The van der Waals surface area contributed by atoms with Crippen LogP contribution in [0.3, 0.4) is 0 Å². The van der Waals surface area contributed by atoms with E-state index in [0.717, 1.165) is 22.0 Å². The highest BCUT2D eigenvalue weighted by Crippen LogP contribution is 2.23. The number of carbonyl (C=O) groups is 1. The third kappa shape index (κ3) is 2.59. The molecule has 1 aliphatic heterocycles. The lowest BCUT2D eigenvalue weighted by Gasteiger charge is -2.35. The monoisotopic (exact) mass is 307 g/mol. The molecule has 1 fully saturated rings. The number of rotatable bonds is 2. The van der Waals surface area contributed by atoms with Gasteiger partial charge < -0.3 is 15.2 Å². The molecule has 0 spiro atoms. The Balaban J connectivity index is 1.96. The fraction of sp³-hybridized carbons (Fsp3) is 0.438. The van der Waals surface area contributed by atoms with Gasteiger partial charge >= 0.3 is 0 Å². The van der Waals surface area contributed by atoms with Crippen molar-refractivity contribution in [2.45, 2.75) is 26.3 Å². The molecule has 6 heteroatoms. The summed E-state index contributed by atoms with van der Waals surface area (Å²) in [4.78, 5) is 17.0. The van der Waals surface area contributed by atoms with Crippen molar-refractivity contribution in [2.24, 2.45) is 0 Å². The number of benzene rings is 1. The molecule has 1 atom stereocenters. The van der Waals surface area contributed by atoms with Crippen molar-refractivity contribution in [3.63, 3.8) is 0 Å². The molecule has 0 bridgehead atoms. The van der Waals surface area contributed by atoms with Gasteiger partial charge in [0.1, 0.15) is 11.7 Å². The molecule has 2 heterocycles. The van der Waals surface area contributed by atoms with E-state index in [4.69, 9.17) is 0 Å². The minimum atomic E-state index is -2.55. The molecule has 118 valence electrons. The van der Waals surface area contributed by atoms with Gasteiger partial charge in [-0.25, -0.2) is 8.78 Å². The van der Waals surface area contributed by atoms with Crippen LogP contribution in [0.15, 0.2) is 18.2 Å². The number of amides is 1. The topological polar surface area (TPSA) is 48.1 Å². The van der Waals surface area contributed by atoms with Gasteiger partial charge in [0.15, 0.2) is 0 Å². The van der Waals surface area contributed by atoms with Crippen LogP contribution in [0.1, 0.15) is 21.6 Å². The van der Waals surface area contributed by atoms with E-state index in [-0.39, 0.29) is 12.5 Å². The summed E-state index contributed by atoms with van der Waals surface area (Å²) in [7, 11) is 0. The molecule has 0 saturated carbocycles. The maximum Gasteiger partial charge on any atom is 0.270 e. The van der Waals surface area contributed by atoms with Gasteiger partial charge in [-0.05, 0) is 37.1 Å². The molecular formula is C16H19F2N3O. The van der Waals surface area contributed by atoms with Gasteiger partial charge in [0.25, 0.3) is 12.3 Å². The predicted molar refractivity (Wildman–Crippen MR) is 81.5 cm³/mol. The zero-order chi connectivity index (χ0) is 15.9. The molecule has 2 aromatic rings. The fourth-order valence-corrected chi connectivity index (χ4v) is 3.07. The van der Waals surface area contributed by atoms with Gasteiger partial charge in [0.05, 0.1) is 0 Å². The number of hydrogen-bond acceptors (Lipinski definition) is 2. The van der Waals surface area contributed by atoms with E-state index in [0.29, 0.717) is 18.8 Å². The number of aromatic amines is 1. The van der Waals surface area contributed by atoms with Crippen LogP contribution in [-0.4, -0.2) is 47.9 Å². The highest BCUT2D eigenvalue weighted by molar-refractivity contribution is 5.99. The summed E-state index contributed by atoms with van der Waals surface area (Å²) < 4.78 is 26.2. The lowest BCUT2D eigenvalue weighted by atomic mass is 10.1. The molecule has 1 amide bonds. The normalized spacial score (nSPS) is 19.1. The SMILES string of the molecule is Cc1cc(C)c2cc(C(=O)N3CCNCC3C(F)F)[nH]c2c1. The van der Waals surface area contributed by atoms with E-state index in [1.54, 1.807) is 6.07 Å². The third-order valence-electron chi connectivity index (χ3n) is 4.15. The minimum absolute atomic E-state index is 0.127. The van der Waals surface area contributed by atoms with Gasteiger partial charge in [0, 0.05) is 30.5 Å². The molecule has 1 unspecified atom stereocenters. The molecule has 1 saturated heterocycles. The van der Waals surface area contributed by atoms with Crippen LogP contribution in [0.25, 0.3) is 10.9 Å². The Hall–Kier alpha value is -1.95. The lowest BCUT2D eigenvalue weighted by Crippen LogP contribution is -2.56. The van der Waals surface area contributed by atoms with Gasteiger partial charge in [-0.15, -0.1) is 0 Å². The van der Waals surface area contributed by atoms with Gasteiger partial charge in [-0.3, -0.25) is 4.79 Å². The number of hydrogen-bond donors (Lipinski definition) is 2. The standard InChI is InChI=1S/C16H19F2N3O/c1-9-5-10(2)11-7-13(20-12(11)6-9)16(22)21-4-3-19-8-14(21)15(17)18/h5-7,14-15,19-20H,3-4,8H2,1-2H3. The number of nitrogens with zero attached hydrogens (tertiary/aromatic N) is 1. The number of aryl methyl sites for hydroxylation is 2. The van der Waals surface area contributed by atoms with Crippen molar-refractivity contribution in [1.29, 1.82) is 0 Å². The number of fused-ring (bicyclic) bond motifs is 1. The van der Waals surface area contributed by atoms with Crippen molar-refractivity contribution in [3.8, 4) is 0 Å². The summed E-state index contributed by atoms with van der Waals surface area (Å²) >= 11 is 0. The second-order valence-corrected chi connectivity index (χ2v) is 5.83. The number of carbonyl (C=O) groups excluding carboxylic acids is 1. The van der Waals surface area contributed by atoms with Crippen molar-refractivity contribution in [1.82, 2.24) is 15.2 Å². The number of piperazine rings is 1. The van der Waals surface area contributed by atoms with Crippen molar-refractivity contribution in [3.05, 3.63) is 35.0 Å². The van der Waals surface area contributed by atoms with Crippen LogP contribution in [0.2, 0.25) is 0 Å². The van der Waals surface area contributed by atoms with Crippen LogP contribution in [-0.2, 0) is 0 Å². The summed E-state index contributed by atoms with van der Waals surface area (Å²) in [6.07, 6.45) is -2.55. The average Bonchev–Trinajstić information content (AvgIpc) is 2.90. The zero-order valence-corrected chi connectivity index (χ0v) is 12.6. The largest absolute Gasteiger partial charge is 0.351 e. The lowest BCUT2D eigenvalue weighted by molar-refractivity contribution is 0.0123. The highest BCUT2D eigenvalue weighted by atomic mass is 19.3. The molecule has 22 heavy (non-hydrogen) atoms. The molecule has 4 nitrogen and oxygen atoms in total. The summed E-state index contributed by atoms with van der Waals surface area (Å²) in [5, 5.41) is 3.87. The quantitative estimate of drug-likeness (QED) is 0.895. The Labute approximate surface area is 127 Å². The fourth-order valence-electron chi connectivity index (χ4n) is 3.07. The second kappa shape index (κ2) is 5.68. The van der Waals surface area contributed by atoms with Gasteiger partial charge in [0.2, 0.25) is 0 Å². The Morgan fingerprint density at radius 2 is 2.09 bits per heavy atom. The third-order valence-corrected chi connectivity index (χ3v) is 4.15. The average molecular weight is 307 g/mol. The summed E-state index contributed by atoms with van der Waals surface area (Å²) in [5.41, 5.74) is 3.40. The number of aromatic nitrogens is 1. The van der Waals surface area contributed by atoms with Gasteiger partial charge in [-0.1, -0.05) is 6.07 Å². The number of halogens is 2. The molecule has 0 radical (unpaired) electrons. The van der Waals surface area contributed by atoms with E-state index >= 15 is 0 Å². The predicted octanol–water partition coefficient (Wildman–Crippen LogP) is 2.46. The Morgan fingerprint density at radius 3 is 2.82 bits per heavy atom. The maximum absolute atomic E-state index is 13.1. The Bertz CT molecular complexity index is 711. The van der Waals surface area contributed by atoms with Crippen LogP contribution >= 0.6 is 0 Å². The summed E-state index contributed by atoms with van der Waals surface area (Å²) in [6.45, 7) is 4.92. The van der Waals surface area contributed by atoms with Crippen LogP contribution in [0.4, 0.5) is 8.78 Å². The van der Waals surface area contributed by atoms with Crippen molar-refractivity contribution >= 4 is 16.8 Å². The summed E-state index contributed by atoms with van der Waals surface area (Å²) in [6, 6.07) is 4.69. The van der Waals surface area contributed by atoms with E-state index in [2.05, 4.69) is 10.3 Å². The number of H-pyrrole nitrogens is 1. The molecule has 2 N–H and O–H groups in total. The Morgan fingerprint density at radius 1 is 1.32 bits per heavy atom. The van der Waals surface area contributed by atoms with Gasteiger partial charge in [-0.2, -0.15) is 0 Å². The molecule has 3 rings (SSSR count). The maximum atomic E-state index is 13.1. The smallest absolute Gasteiger partial charge is 0.270 e. The molecule has 1 aromatic carbocycles. The molecule has 0 aliphatic carbocycles. The van der Waals surface area contributed by atoms with Crippen LogP contribution < -0.4 is 5.32 Å². The first kappa shape index (κ1) is 15.0. The van der Waals surface area contributed by atoms with E-state index in [1.165, 1.54) is 4.90 Å². The van der Waals surface area contributed by atoms with E-state index in [9.17, 15) is 13.6 Å². The first-order valence-electron chi connectivity index (χ1n) is 7.37. The van der Waals surface area contributed by atoms with E-state index < -0.39 is 12.5 Å². The van der Waals surface area contributed by atoms with Crippen LogP contribution in [0.5, 0.6) is 0 Å². The van der Waals surface area contributed by atoms with Crippen molar-refractivity contribution < 1.29 is 13.6 Å². The highest BCUT2D eigenvalue weighted by Gasteiger charge is 2.34. The second-order valence-electron chi connectivity index (χ2n) is 5.83. The van der Waals surface area contributed by atoms with Crippen LogP contribution in [0, 0.1) is 13.8 Å². The summed E-state index contributed by atoms with van der Waals surface area (Å²) in [5.74, 6) is -0.361. The Kier molecular flexibility index (Phi) is 3.87. The minimum Gasteiger partial charge on any atom is -0.351 e. The molecular weight excluding hydrogens is 288 g/mol. The molecule has 1 aromatic heterocycles. The van der Waals surface area contributed by atoms with Crippen molar-refractivity contribution in [2.75, 3.05) is 19.6 Å². The number of nitrogens with one attached hydrogen (secondary N) is 2.